The van der Waals surface area contributed by atoms with Crippen LogP contribution in [0, 0.1) is 11.6 Å². The first-order valence-electron chi connectivity index (χ1n) is 9.10. The summed E-state index contributed by atoms with van der Waals surface area (Å²) >= 11 is 13.3. The molecule has 0 bridgehead atoms. The molecular weight excluding hydrogens is 479 g/mol. The van der Waals surface area contributed by atoms with E-state index in [1.54, 1.807) is 41.2 Å². The Balaban J connectivity index is 1.61. The van der Waals surface area contributed by atoms with Gasteiger partial charge in [-0.1, -0.05) is 35.0 Å². The van der Waals surface area contributed by atoms with E-state index in [1.807, 2.05) is 6.07 Å². The highest BCUT2D eigenvalue weighted by Gasteiger charge is 2.18. The van der Waals surface area contributed by atoms with Crippen molar-refractivity contribution in [2.45, 2.75) is 5.16 Å². The van der Waals surface area contributed by atoms with Gasteiger partial charge in [-0.2, -0.15) is 0 Å². The summed E-state index contributed by atoms with van der Waals surface area (Å²) in [6.07, 6.45) is 3.27. The van der Waals surface area contributed by atoms with Crippen molar-refractivity contribution in [1.29, 1.82) is 0 Å². The Morgan fingerprint density at radius 1 is 1.03 bits per heavy atom. The lowest BCUT2D eigenvalue weighted by molar-refractivity contribution is -0.113. The fourth-order valence-electron chi connectivity index (χ4n) is 2.86. The van der Waals surface area contributed by atoms with Crippen LogP contribution >= 0.6 is 35.0 Å². The van der Waals surface area contributed by atoms with Crippen LogP contribution in [0.3, 0.4) is 0 Å². The molecule has 0 saturated heterocycles. The van der Waals surface area contributed by atoms with Gasteiger partial charge in [0.2, 0.25) is 5.91 Å². The number of benzene rings is 2. The number of rotatable bonds is 6. The zero-order valence-corrected chi connectivity index (χ0v) is 18.4. The van der Waals surface area contributed by atoms with Gasteiger partial charge in [-0.3, -0.25) is 14.3 Å². The Bertz CT molecular complexity index is 1270. The normalized spacial score (nSPS) is 10.9. The molecule has 0 fully saturated rings. The third-order valence-corrected chi connectivity index (χ3v) is 5.86. The van der Waals surface area contributed by atoms with Crippen LogP contribution < -0.4 is 5.32 Å². The largest absolute Gasteiger partial charge is 0.325 e. The molecule has 0 radical (unpaired) electrons. The van der Waals surface area contributed by atoms with Crippen LogP contribution in [-0.2, 0) is 4.79 Å². The fraction of sp³-hybridized carbons (Fsp3) is 0.0476. The predicted molar refractivity (Wildman–Crippen MR) is 120 cm³/mol. The lowest BCUT2D eigenvalue weighted by Crippen LogP contribution is -2.15. The van der Waals surface area contributed by atoms with Gasteiger partial charge in [-0.05, 0) is 42.5 Å². The Kier molecular flexibility index (Phi) is 6.69. The highest BCUT2D eigenvalue weighted by Crippen LogP contribution is 2.31. The summed E-state index contributed by atoms with van der Waals surface area (Å²) in [6.45, 7) is 0. The lowest BCUT2D eigenvalue weighted by Gasteiger charge is -2.11. The summed E-state index contributed by atoms with van der Waals surface area (Å²) in [5.41, 5.74) is 1.37. The van der Waals surface area contributed by atoms with Gasteiger partial charge in [0.15, 0.2) is 11.0 Å². The van der Waals surface area contributed by atoms with Gasteiger partial charge in [0, 0.05) is 29.7 Å². The van der Waals surface area contributed by atoms with Crippen LogP contribution in [0.1, 0.15) is 0 Å². The van der Waals surface area contributed by atoms with E-state index < -0.39 is 17.5 Å². The number of anilines is 1. The van der Waals surface area contributed by atoms with Gasteiger partial charge in [-0.15, -0.1) is 10.2 Å². The van der Waals surface area contributed by atoms with Crippen molar-refractivity contribution in [1.82, 2.24) is 19.7 Å². The quantitative estimate of drug-likeness (QED) is 0.353. The van der Waals surface area contributed by atoms with E-state index in [4.69, 9.17) is 23.2 Å². The summed E-state index contributed by atoms with van der Waals surface area (Å²) in [6, 6.07) is 11.4. The maximum Gasteiger partial charge on any atom is 0.234 e. The molecule has 0 spiro atoms. The minimum atomic E-state index is -0.784. The molecule has 2 heterocycles. The first-order chi connectivity index (χ1) is 15.4. The number of nitrogens with zero attached hydrogens (tertiary/aromatic N) is 4. The van der Waals surface area contributed by atoms with E-state index in [2.05, 4.69) is 20.5 Å². The first kappa shape index (κ1) is 22.2. The molecule has 2 aromatic carbocycles. The number of thioether (sulfide) groups is 1. The average Bonchev–Trinajstić information content (AvgIpc) is 3.18. The second-order valence-corrected chi connectivity index (χ2v) is 8.23. The van der Waals surface area contributed by atoms with Crippen LogP contribution in [0.4, 0.5) is 14.5 Å². The van der Waals surface area contributed by atoms with E-state index >= 15 is 0 Å². The Hall–Kier alpha value is -3.01. The smallest absolute Gasteiger partial charge is 0.234 e. The molecule has 0 aliphatic carbocycles. The van der Waals surface area contributed by atoms with Crippen LogP contribution in [0.2, 0.25) is 10.0 Å². The molecular formula is C21H13Cl2F2N5OS. The Morgan fingerprint density at radius 3 is 2.50 bits per heavy atom. The molecule has 0 unspecified atom stereocenters. The van der Waals surface area contributed by atoms with E-state index in [1.165, 1.54) is 0 Å². The summed E-state index contributed by atoms with van der Waals surface area (Å²) in [5.74, 6) is -1.62. The number of pyridine rings is 1. The molecule has 2 aromatic heterocycles. The predicted octanol–water partition coefficient (Wildman–Crippen LogP) is 5.65. The summed E-state index contributed by atoms with van der Waals surface area (Å²) in [4.78, 5) is 16.5. The Morgan fingerprint density at radius 2 is 1.81 bits per heavy atom. The number of nitrogens with one attached hydrogen (secondary N) is 1. The topological polar surface area (TPSA) is 72.7 Å². The summed E-state index contributed by atoms with van der Waals surface area (Å²) < 4.78 is 28.4. The zero-order valence-electron chi connectivity index (χ0n) is 16.1. The van der Waals surface area contributed by atoms with Gasteiger partial charge in [0.05, 0.1) is 21.5 Å². The van der Waals surface area contributed by atoms with E-state index in [0.29, 0.717) is 32.3 Å². The molecule has 32 heavy (non-hydrogen) atoms. The molecule has 4 aromatic rings. The molecule has 4 rings (SSSR count). The van der Waals surface area contributed by atoms with Crippen LogP contribution in [0.25, 0.3) is 17.1 Å². The zero-order chi connectivity index (χ0) is 22.7. The molecule has 0 aliphatic heterocycles. The first-order valence-corrected chi connectivity index (χ1v) is 10.8. The molecule has 0 atom stereocenters. The van der Waals surface area contributed by atoms with Gasteiger partial charge in [-0.25, -0.2) is 8.78 Å². The van der Waals surface area contributed by atoms with Gasteiger partial charge >= 0.3 is 0 Å². The maximum absolute atomic E-state index is 13.4. The highest BCUT2D eigenvalue weighted by atomic mass is 35.5. The second kappa shape index (κ2) is 9.64. The van der Waals surface area contributed by atoms with Gasteiger partial charge in [0.25, 0.3) is 0 Å². The summed E-state index contributed by atoms with van der Waals surface area (Å²) in [5, 5.41) is 12.0. The van der Waals surface area contributed by atoms with Crippen molar-refractivity contribution < 1.29 is 13.6 Å². The fourth-order valence-corrected chi connectivity index (χ4v) is 3.90. The Labute approximate surface area is 195 Å². The third-order valence-electron chi connectivity index (χ3n) is 4.19. The maximum atomic E-state index is 13.4. The number of amides is 1. The van der Waals surface area contributed by atoms with Crippen molar-refractivity contribution in [3.63, 3.8) is 0 Å². The SMILES string of the molecule is O=C(CSc1nnc(-c2cccnc2)n1-c1ccc(Cl)c(Cl)c1)Nc1cc(F)cc(F)c1. The number of carbonyl (C=O) groups is 1. The minimum absolute atomic E-state index is 0.0232. The van der Waals surface area contributed by atoms with E-state index in [0.717, 1.165) is 30.0 Å². The number of hydrogen-bond acceptors (Lipinski definition) is 5. The molecule has 162 valence electrons. The van der Waals surface area contributed by atoms with E-state index in [9.17, 15) is 13.6 Å². The molecule has 1 N–H and O–H groups in total. The van der Waals surface area contributed by atoms with Crippen molar-refractivity contribution in [3.8, 4) is 17.1 Å². The monoisotopic (exact) mass is 491 g/mol. The number of hydrogen-bond donors (Lipinski definition) is 1. The molecule has 0 aliphatic rings. The summed E-state index contributed by atoms with van der Waals surface area (Å²) in [7, 11) is 0. The second-order valence-electron chi connectivity index (χ2n) is 6.48. The van der Waals surface area contributed by atoms with Crippen molar-refractivity contribution >= 4 is 46.6 Å². The van der Waals surface area contributed by atoms with E-state index in [-0.39, 0.29) is 11.4 Å². The van der Waals surface area contributed by atoms with Crippen LogP contribution in [-0.4, -0.2) is 31.4 Å². The number of aromatic nitrogens is 4. The van der Waals surface area contributed by atoms with Gasteiger partial charge < -0.3 is 5.32 Å². The van der Waals surface area contributed by atoms with Crippen molar-refractivity contribution in [2.75, 3.05) is 11.1 Å². The van der Waals surface area contributed by atoms with Crippen molar-refractivity contribution in [2.24, 2.45) is 0 Å². The van der Waals surface area contributed by atoms with Crippen molar-refractivity contribution in [3.05, 3.63) is 82.6 Å². The number of carbonyl (C=O) groups excluding carboxylic acids is 1. The molecule has 1 amide bonds. The molecule has 6 nitrogen and oxygen atoms in total. The van der Waals surface area contributed by atoms with Crippen LogP contribution in [0.15, 0.2) is 66.1 Å². The third kappa shape index (κ3) is 5.07. The minimum Gasteiger partial charge on any atom is -0.325 e. The average molecular weight is 492 g/mol. The number of halogens is 4. The lowest BCUT2D eigenvalue weighted by atomic mass is 10.2. The standard InChI is InChI=1S/C21H13Cl2F2N5OS/c22-17-4-3-16(9-18(17)23)30-20(12-2-1-5-26-10-12)28-29-21(30)32-11-19(31)27-15-7-13(24)6-14(25)8-15/h1-10H,11H2,(H,27,31). The molecule has 11 heteroatoms. The molecule has 0 saturated carbocycles. The van der Waals surface area contributed by atoms with Gasteiger partial charge in [0.1, 0.15) is 11.6 Å². The van der Waals surface area contributed by atoms with Crippen LogP contribution in [0.5, 0.6) is 0 Å². The highest BCUT2D eigenvalue weighted by molar-refractivity contribution is 7.99.